The van der Waals surface area contributed by atoms with Crippen LogP contribution in [0.3, 0.4) is 0 Å². The van der Waals surface area contributed by atoms with E-state index in [9.17, 15) is 4.79 Å². The summed E-state index contributed by atoms with van der Waals surface area (Å²) in [5, 5.41) is 0.597. The van der Waals surface area contributed by atoms with Gasteiger partial charge in [0.15, 0.2) is 5.78 Å². The molecule has 0 bridgehead atoms. The van der Waals surface area contributed by atoms with Crippen LogP contribution in [-0.4, -0.2) is 5.78 Å². The summed E-state index contributed by atoms with van der Waals surface area (Å²) in [4.78, 5) is 11.0. The number of carbonyl (C=O) groups is 1. The molecule has 0 radical (unpaired) electrons. The van der Waals surface area contributed by atoms with Crippen LogP contribution in [0.5, 0.6) is 0 Å². The van der Waals surface area contributed by atoms with Crippen LogP contribution in [0.25, 0.3) is 0 Å². The molecule has 0 heterocycles. The maximum absolute atomic E-state index is 11.0. The second-order valence-electron chi connectivity index (χ2n) is 2.42. The van der Waals surface area contributed by atoms with E-state index in [0.29, 0.717) is 21.3 Å². The number of rotatable bonds is 1. The Balaban J connectivity index is 3.38. The number of halogens is 2. The highest BCUT2D eigenvalue weighted by Crippen LogP contribution is 2.27. The topological polar surface area (TPSA) is 43.1 Å². The minimum Gasteiger partial charge on any atom is -0.399 e. The number of carbonyl (C=O) groups excluding carboxylic acids is 1. The van der Waals surface area contributed by atoms with E-state index in [4.69, 9.17) is 28.9 Å². The lowest BCUT2D eigenvalue weighted by Crippen LogP contribution is -1.96. The number of nitrogen functional groups attached to an aromatic ring is 1. The summed E-state index contributed by atoms with van der Waals surface area (Å²) in [5.74, 6) is -0.162. The van der Waals surface area contributed by atoms with Crippen molar-refractivity contribution in [3.05, 3.63) is 27.7 Å². The summed E-state index contributed by atoms with van der Waals surface area (Å²) in [6.45, 7) is 1.41. The normalized spacial score (nSPS) is 9.92. The van der Waals surface area contributed by atoms with Crippen molar-refractivity contribution in [3.63, 3.8) is 0 Å². The Bertz CT molecular complexity index is 313. The van der Waals surface area contributed by atoms with Gasteiger partial charge in [0.05, 0.1) is 15.6 Å². The lowest BCUT2D eigenvalue weighted by atomic mass is 10.1. The average Bonchev–Trinajstić information content (AvgIpc) is 1.82. The number of hydrogen-bond acceptors (Lipinski definition) is 2. The van der Waals surface area contributed by atoms with Crippen LogP contribution >= 0.6 is 23.2 Å². The van der Waals surface area contributed by atoms with Gasteiger partial charge in [-0.3, -0.25) is 4.79 Å². The molecule has 0 spiro atoms. The van der Waals surface area contributed by atoms with E-state index < -0.39 is 0 Å². The molecule has 4 heteroatoms. The standard InChI is InChI=1S/C8H7Cl2NO/c1-4(12)8-6(9)2-5(11)3-7(8)10/h2-3H,11H2,1H3. The number of Topliss-reactive ketones (excluding diaryl/α,β-unsaturated/α-hetero) is 1. The van der Waals surface area contributed by atoms with Crippen molar-refractivity contribution in [3.8, 4) is 0 Å². The van der Waals surface area contributed by atoms with E-state index in [1.165, 1.54) is 19.1 Å². The molecular formula is C8H7Cl2NO. The highest BCUT2D eigenvalue weighted by Gasteiger charge is 2.10. The highest BCUT2D eigenvalue weighted by atomic mass is 35.5. The van der Waals surface area contributed by atoms with Crippen molar-refractivity contribution in [2.24, 2.45) is 0 Å². The average molecular weight is 204 g/mol. The van der Waals surface area contributed by atoms with Gasteiger partial charge < -0.3 is 5.73 Å². The molecule has 0 aromatic heterocycles. The summed E-state index contributed by atoms with van der Waals surface area (Å²) in [5.41, 5.74) is 6.23. The molecule has 1 aromatic rings. The van der Waals surface area contributed by atoms with E-state index in [1.54, 1.807) is 0 Å². The Morgan fingerprint density at radius 3 is 2.08 bits per heavy atom. The van der Waals surface area contributed by atoms with Crippen molar-refractivity contribution in [1.29, 1.82) is 0 Å². The quantitative estimate of drug-likeness (QED) is 0.564. The first kappa shape index (κ1) is 9.36. The molecule has 0 aliphatic rings. The molecule has 12 heavy (non-hydrogen) atoms. The van der Waals surface area contributed by atoms with Gasteiger partial charge >= 0.3 is 0 Å². The minimum atomic E-state index is -0.162. The second kappa shape index (κ2) is 3.33. The second-order valence-corrected chi connectivity index (χ2v) is 3.23. The smallest absolute Gasteiger partial charge is 0.162 e. The SMILES string of the molecule is CC(=O)c1c(Cl)cc(N)cc1Cl. The summed E-state index contributed by atoms with van der Waals surface area (Å²) >= 11 is 11.5. The molecule has 0 amide bonds. The lowest BCUT2D eigenvalue weighted by molar-refractivity contribution is 0.101. The third-order valence-corrected chi connectivity index (χ3v) is 2.01. The zero-order valence-corrected chi connectivity index (χ0v) is 7.91. The molecule has 0 aliphatic heterocycles. The molecule has 2 N–H and O–H groups in total. The molecule has 1 aromatic carbocycles. The van der Waals surface area contributed by atoms with Gasteiger partial charge in [-0.15, -0.1) is 0 Å². The molecule has 1 rings (SSSR count). The summed E-state index contributed by atoms with van der Waals surface area (Å²) in [7, 11) is 0. The number of anilines is 1. The maximum atomic E-state index is 11.0. The van der Waals surface area contributed by atoms with Crippen molar-refractivity contribution in [1.82, 2.24) is 0 Å². The largest absolute Gasteiger partial charge is 0.399 e. The predicted molar refractivity (Wildman–Crippen MR) is 50.9 cm³/mol. The molecule has 0 fully saturated rings. The number of hydrogen-bond donors (Lipinski definition) is 1. The third kappa shape index (κ3) is 1.71. The van der Waals surface area contributed by atoms with Gasteiger partial charge in [0.25, 0.3) is 0 Å². The van der Waals surface area contributed by atoms with Crippen molar-refractivity contribution >= 4 is 34.7 Å². The Morgan fingerprint density at radius 1 is 1.33 bits per heavy atom. The minimum absolute atomic E-state index is 0.162. The van der Waals surface area contributed by atoms with Crippen LogP contribution in [0.4, 0.5) is 5.69 Å². The molecule has 64 valence electrons. The summed E-state index contributed by atoms with van der Waals surface area (Å²) in [6.07, 6.45) is 0. The summed E-state index contributed by atoms with van der Waals surface area (Å²) < 4.78 is 0. The van der Waals surface area contributed by atoms with E-state index in [-0.39, 0.29) is 5.78 Å². The van der Waals surface area contributed by atoms with Gasteiger partial charge in [-0.1, -0.05) is 23.2 Å². The van der Waals surface area contributed by atoms with Crippen LogP contribution in [0, 0.1) is 0 Å². The molecule has 0 atom stereocenters. The van der Waals surface area contributed by atoms with E-state index in [0.717, 1.165) is 0 Å². The van der Waals surface area contributed by atoms with Crippen molar-refractivity contribution in [2.75, 3.05) is 5.73 Å². The Hall–Kier alpha value is -0.730. The molecule has 2 nitrogen and oxygen atoms in total. The van der Waals surface area contributed by atoms with E-state index >= 15 is 0 Å². The number of benzene rings is 1. The third-order valence-electron chi connectivity index (χ3n) is 1.42. The summed E-state index contributed by atoms with van der Waals surface area (Å²) in [6, 6.07) is 3.01. The van der Waals surface area contributed by atoms with E-state index in [1.807, 2.05) is 0 Å². The van der Waals surface area contributed by atoms with Crippen molar-refractivity contribution < 1.29 is 4.79 Å². The molecular weight excluding hydrogens is 197 g/mol. The van der Waals surface area contributed by atoms with Gasteiger partial charge in [-0.2, -0.15) is 0 Å². The van der Waals surface area contributed by atoms with Crippen LogP contribution in [0.15, 0.2) is 12.1 Å². The van der Waals surface area contributed by atoms with Gasteiger partial charge in [0.2, 0.25) is 0 Å². The Morgan fingerprint density at radius 2 is 1.75 bits per heavy atom. The fourth-order valence-corrected chi connectivity index (χ4v) is 1.70. The Kier molecular flexibility index (Phi) is 2.60. The van der Waals surface area contributed by atoms with Crippen LogP contribution in [-0.2, 0) is 0 Å². The first-order chi connectivity index (χ1) is 5.52. The van der Waals surface area contributed by atoms with Crippen LogP contribution in [0.1, 0.15) is 17.3 Å². The zero-order valence-electron chi connectivity index (χ0n) is 6.40. The van der Waals surface area contributed by atoms with Gasteiger partial charge in [-0.25, -0.2) is 0 Å². The maximum Gasteiger partial charge on any atom is 0.162 e. The Labute approximate surface area is 80.3 Å². The molecule has 0 saturated carbocycles. The zero-order chi connectivity index (χ0) is 9.30. The fourth-order valence-electron chi connectivity index (χ4n) is 0.929. The predicted octanol–water partition coefficient (Wildman–Crippen LogP) is 2.78. The first-order valence-corrected chi connectivity index (χ1v) is 4.03. The van der Waals surface area contributed by atoms with Crippen LogP contribution < -0.4 is 5.73 Å². The molecule has 0 unspecified atom stereocenters. The van der Waals surface area contributed by atoms with Gasteiger partial charge in [0, 0.05) is 5.69 Å². The van der Waals surface area contributed by atoms with Crippen molar-refractivity contribution in [2.45, 2.75) is 6.92 Å². The van der Waals surface area contributed by atoms with Gasteiger partial charge in [-0.05, 0) is 19.1 Å². The fraction of sp³-hybridized carbons (Fsp3) is 0.125. The first-order valence-electron chi connectivity index (χ1n) is 3.28. The lowest BCUT2D eigenvalue weighted by Gasteiger charge is -2.03. The molecule has 0 aliphatic carbocycles. The van der Waals surface area contributed by atoms with Crippen LogP contribution in [0.2, 0.25) is 10.0 Å². The van der Waals surface area contributed by atoms with Gasteiger partial charge in [0.1, 0.15) is 0 Å². The van der Waals surface area contributed by atoms with E-state index in [2.05, 4.69) is 0 Å². The monoisotopic (exact) mass is 203 g/mol. The highest BCUT2D eigenvalue weighted by molar-refractivity contribution is 6.40. The number of nitrogens with two attached hydrogens (primary N) is 1. The number of ketones is 1. The molecule has 0 saturated heterocycles.